The topological polar surface area (TPSA) is 67.6 Å². The van der Waals surface area contributed by atoms with E-state index in [0.29, 0.717) is 38.6 Å². The molecule has 7 rings (SSSR count). The Labute approximate surface area is 194 Å². The molecule has 2 heterocycles. The molecule has 7 nitrogen and oxygen atoms in total. The third-order valence-corrected chi connectivity index (χ3v) is 8.95. The summed E-state index contributed by atoms with van der Waals surface area (Å²) < 4.78 is 3.30. The molecule has 1 aliphatic heterocycles. The van der Waals surface area contributed by atoms with Crippen molar-refractivity contribution in [2.45, 2.75) is 58.5 Å². The fourth-order valence-corrected chi connectivity index (χ4v) is 7.83. The maximum absolute atomic E-state index is 13.6. The molecule has 33 heavy (non-hydrogen) atoms. The number of carbonyl (C=O) groups is 2. The molecule has 0 radical (unpaired) electrons. The number of piperazine rings is 1. The lowest BCUT2D eigenvalue weighted by molar-refractivity contribution is -0.160. The van der Waals surface area contributed by atoms with Crippen molar-refractivity contribution in [3.63, 3.8) is 0 Å². The van der Waals surface area contributed by atoms with Crippen molar-refractivity contribution in [1.82, 2.24) is 18.9 Å². The van der Waals surface area contributed by atoms with Crippen LogP contribution >= 0.6 is 0 Å². The zero-order valence-corrected chi connectivity index (χ0v) is 19.5. The average molecular weight is 451 g/mol. The standard InChI is InChI=1S/C26H34N4O3/c1-2-29-21-5-3-4-6-22(21)30(25(29)33)17-23(31)27-7-9-28(10-8-27)24(32)26-14-18-11-19(15-26)13-20(12-18)16-26/h3-6,18-20H,2,7-17H2,1H3. The van der Waals surface area contributed by atoms with Gasteiger partial charge < -0.3 is 9.80 Å². The average Bonchev–Trinajstić information content (AvgIpc) is 3.08. The molecule has 5 fully saturated rings. The van der Waals surface area contributed by atoms with Crippen LogP contribution in [0.1, 0.15) is 45.4 Å². The SMILES string of the molecule is CCn1c(=O)n(CC(=O)N2CCN(C(=O)C34CC5CC(CC(C5)C3)C4)CC2)c2ccccc21. The number of nitrogens with zero attached hydrogens (tertiary/aromatic N) is 4. The summed E-state index contributed by atoms with van der Waals surface area (Å²) in [5, 5.41) is 0. The number of aryl methyl sites for hydroxylation is 1. The van der Waals surface area contributed by atoms with Crippen LogP contribution in [0, 0.1) is 23.2 Å². The quantitative estimate of drug-likeness (QED) is 0.719. The summed E-state index contributed by atoms with van der Waals surface area (Å²) in [6, 6.07) is 7.64. The van der Waals surface area contributed by atoms with E-state index in [1.807, 2.05) is 41.0 Å². The highest BCUT2D eigenvalue weighted by Gasteiger charge is 2.55. The number of fused-ring (bicyclic) bond motifs is 1. The smallest absolute Gasteiger partial charge is 0.329 e. The number of para-hydroxylation sites is 2. The number of hydrogen-bond donors (Lipinski definition) is 0. The Morgan fingerprint density at radius 2 is 1.36 bits per heavy atom. The molecular weight excluding hydrogens is 416 g/mol. The molecule has 1 aromatic carbocycles. The van der Waals surface area contributed by atoms with Crippen molar-refractivity contribution in [2.75, 3.05) is 26.2 Å². The Kier molecular flexibility index (Phi) is 4.93. The van der Waals surface area contributed by atoms with E-state index in [9.17, 15) is 14.4 Å². The minimum Gasteiger partial charge on any atom is -0.339 e. The minimum absolute atomic E-state index is 0.0435. The summed E-state index contributed by atoms with van der Waals surface area (Å²) in [5.41, 5.74) is 1.41. The van der Waals surface area contributed by atoms with E-state index in [0.717, 1.165) is 48.0 Å². The lowest BCUT2D eigenvalue weighted by Crippen LogP contribution is -2.58. The zero-order valence-electron chi connectivity index (χ0n) is 19.5. The predicted octanol–water partition coefficient (Wildman–Crippen LogP) is 2.71. The molecule has 176 valence electrons. The molecule has 4 aliphatic carbocycles. The summed E-state index contributed by atoms with van der Waals surface area (Å²) in [7, 11) is 0. The number of aromatic nitrogens is 2. The van der Waals surface area contributed by atoms with E-state index in [2.05, 4.69) is 0 Å². The van der Waals surface area contributed by atoms with Gasteiger partial charge in [-0.3, -0.25) is 18.7 Å². The summed E-state index contributed by atoms with van der Waals surface area (Å²) in [5.74, 6) is 2.58. The van der Waals surface area contributed by atoms with Crippen molar-refractivity contribution in [3.8, 4) is 0 Å². The van der Waals surface area contributed by atoms with E-state index in [1.165, 1.54) is 19.3 Å². The first-order chi connectivity index (χ1) is 16.0. The number of imidazole rings is 1. The molecule has 0 spiro atoms. The number of carbonyl (C=O) groups excluding carboxylic acids is 2. The fraction of sp³-hybridized carbons (Fsp3) is 0.654. The van der Waals surface area contributed by atoms with Crippen LogP contribution in [0.15, 0.2) is 29.1 Å². The Bertz CT molecular complexity index is 1120. The van der Waals surface area contributed by atoms with Gasteiger partial charge in [-0.15, -0.1) is 0 Å². The second-order valence-electron chi connectivity index (χ2n) is 11.0. The molecular formula is C26H34N4O3. The largest absolute Gasteiger partial charge is 0.339 e. The monoisotopic (exact) mass is 450 g/mol. The third-order valence-electron chi connectivity index (χ3n) is 8.95. The molecule has 4 saturated carbocycles. The molecule has 4 bridgehead atoms. The van der Waals surface area contributed by atoms with Gasteiger partial charge in [0.2, 0.25) is 11.8 Å². The summed E-state index contributed by atoms with van der Waals surface area (Å²) >= 11 is 0. The molecule has 5 aliphatic rings. The van der Waals surface area contributed by atoms with Gasteiger partial charge in [0.15, 0.2) is 0 Å². The number of amides is 2. The molecule has 0 atom stereocenters. The molecule has 1 aromatic heterocycles. The van der Waals surface area contributed by atoms with Gasteiger partial charge in [0, 0.05) is 32.7 Å². The van der Waals surface area contributed by atoms with E-state index >= 15 is 0 Å². The highest BCUT2D eigenvalue weighted by Crippen LogP contribution is 2.60. The second kappa shape index (κ2) is 7.74. The van der Waals surface area contributed by atoms with Gasteiger partial charge in [0.1, 0.15) is 6.54 Å². The van der Waals surface area contributed by atoms with Crippen LogP contribution in [0.3, 0.4) is 0 Å². The van der Waals surface area contributed by atoms with E-state index < -0.39 is 0 Å². The van der Waals surface area contributed by atoms with Crippen LogP contribution in [-0.2, 0) is 22.7 Å². The molecule has 0 N–H and O–H groups in total. The predicted molar refractivity (Wildman–Crippen MR) is 126 cm³/mol. The van der Waals surface area contributed by atoms with E-state index in [4.69, 9.17) is 0 Å². The first kappa shape index (κ1) is 21.0. The molecule has 1 saturated heterocycles. The Hall–Kier alpha value is -2.57. The maximum Gasteiger partial charge on any atom is 0.329 e. The number of benzene rings is 1. The second-order valence-corrected chi connectivity index (χ2v) is 11.0. The zero-order chi connectivity index (χ0) is 22.7. The van der Waals surface area contributed by atoms with Crippen LogP contribution in [0.25, 0.3) is 11.0 Å². The van der Waals surface area contributed by atoms with Crippen molar-refractivity contribution < 1.29 is 9.59 Å². The van der Waals surface area contributed by atoms with Crippen molar-refractivity contribution in [1.29, 1.82) is 0 Å². The number of hydrogen-bond acceptors (Lipinski definition) is 3. The highest BCUT2D eigenvalue weighted by molar-refractivity contribution is 5.84. The summed E-state index contributed by atoms with van der Waals surface area (Å²) in [4.78, 5) is 43.5. The van der Waals surface area contributed by atoms with Crippen LogP contribution in [0.4, 0.5) is 0 Å². The maximum atomic E-state index is 13.6. The molecule has 2 amide bonds. The molecule has 0 unspecified atom stereocenters. The summed E-state index contributed by atoms with van der Waals surface area (Å²) in [6.07, 6.45) is 7.26. The Morgan fingerprint density at radius 1 is 0.848 bits per heavy atom. The minimum atomic E-state index is -0.136. The van der Waals surface area contributed by atoms with Gasteiger partial charge >= 0.3 is 5.69 Å². The van der Waals surface area contributed by atoms with Gasteiger partial charge in [0.25, 0.3) is 0 Å². The van der Waals surface area contributed by atoms with Crippen LogP contribution in [-0.4, -0.2) is 56.9 Å². The van der Waals surface area contributed by atoms with E-state index in [1.54, 1.807) is 9.13 Å². The van der Waals surface area contributed by atoms with Crippen LogP contribution in [0.5, 0.6) is 0 Å². The third kappa shape index (κ3) is 3.34. The Balaban J connectivity index is 1.13. The normalized spacial score (nSPS) is 30.9. The number of rotatable bonds is 4. The first-order valence-electron chi connectivity index (χ1n) is 12.7. The fourth-order valence-electron chi connectivity index (χ4n) is 7.83. The highest BCUT2D eigenvalue weighted by atomic mass is 16.2. The molecule has 2 aromatic rings. The van der Waals surface area contributed by atoms with E-state index in [-0.39, 0.29) is 23.6 Å². The first-order valence-corrected chi connectivity index (χ1v) is 12.7. The van der Waals surface area contributed by atoms with Crippen molar-refractivity contribution in [2.24, 2.45) is 23.2 Å². The summed E-state index contributed by atoms with van der Waals surface area (Å²) in [6.45, 7) is 4.90. The molecule has 7 heteroatoms. The van der Waals surface area contributed by atoms with Crippen molar-refractivity contribution in [3.05, 3.63) is 34.7 Å². The van der Waals surface area contributed by atoms with Gasteiger partial charge in [-0.25, -0.2) is 4.79 Å². The van der Waals surface area contributed by atoms with Gasteiger partial charge in [0.05, 0.1) is 16.4 Å². The van der Waals surface area contributed by atoms with Gasteiger partial charge in [-0.1, -0.05) is 12.1 Å². The Morgan fingerprint density at radius 3 is 1.91 bits per heavy atom. The van der Waals surface area contributed by atoms with Gasteiger partial charge in [-0.05, 0) is 75.3 Å². The van der Waals surface area contributed by atoms with Gasteiger partial charge in [-0.2, -0.15) is 0 Å². The lowest BCUT2D eigenvalue weighted by atomic mass is 9.49. The van der Waals surface area contributed by atoms with Crippen LogP contribution in [0.2, 0.25) is 0 Å². The van der Waals surface area contributed by atoms with Crippen molar-refractivity contribution >= 4 is 22.8 Å². The lowest BCUT2D eigenvalue weighted by Gasteiger charge is -2.57. The van der Waals surface area contributed by atoms with Crippen LogP contribution < -0.4 is 5.69 Å².